The lowest BCUT2D eigenvalue weighted by atomic mass is 10.1. The van der Waals surface area contributed by atoms with Gasteiger partial charge >= 0.3 is 5.97 Å². The van der Waals surface area contributed by atoms with Crippen molar-refractivity contribution in [2.24, 2.45) is 0 Å². The fraction of sp³-hybridized carbons (Fsp3) is 0.174. The number of esters is 1. The second-order valence-electron chi connectivity index (χ2n) is 6.44. The molecule has 1 aromatic heterocycles. The lowest BCUT2D eigenvalue weighted by Gasteiger charge is -2.19. The number of ether oxygens (including phenoxy) is 2. The Balaban J connectivity index is 1.87. The standard InChI is InChI=1S/C23H21ClN2O4/c1-3-29-22-18(10-7-13-25-22)23(28)30-20(16-8-5-4-6-9-16)21(27)26-17-12-11-15(2)19(24)14-17/h4-14,20H,3H2,1-2H3,(H,26,27)/t20-/m1/s1. The first-order valence-electron chi connectivity index (χ1n) is 9.40. The van der Waals surface area contributed by atoms with Crippen LogP contribution in [0.1, 0.15) is 34.5 Å². The van der Waals surface area contributed by atoms with E-state index < -0.39 is 18.0 Å². The number of aromatic nitrogens is 1. The van der Waals surface area contributed by atoms with Gasteiger partial charge in [0.15, 0.2) is 0 Å². The van der Waals surface area contributed by atoms with Crippen LogP contribution in [0.2, 0.25) is 5.02 Å². The predicted molar refractivity (Wildman–Crippen MR) is 115 cm³/mol. The Bertz CT molecular complexity index is 1040. The molecule has 1 heterocycles. The molecule has 7 heteroatoms. The predicted octanol–water partition coefficient (Wildman–Crippen LogP) is 4.98. The quantitative estimate of drug-likeness (QED) is 0.541. The molecule has 1 amide bonds. The minimum Gasteiger partial charge on any atom is -0.477 e. The number of anilines is 1. The largest absolute Gasteiger partial charge is 0.477 e. The minimum absolute atomic E-state index is 0.145. The second-order valence-corrected chi connectivity index (χ2v) is 6.85. The molecule has 6 nitrogen and oxygen atoms in total. The van der Waals surface area contributed by atoms with E-state index in [0.717, 1.165) is 5.56 Å². The minimum atomic E-state index is -1.17. The van der Waals surface area contributed by atoms with Crippen LogP contribution in [-0.2, 0) is 9.53 Å². The molecular weight excluding hydrogens is 404 g/mol. The number of nitrogens with zero attached hydrogens (tertiary/aromatic N) is 1. The Morgan fingerprint density at radius 1 is 1.10 bits per heavy atom. The number of amides is 1. The number of hydrogen-bond donors (Lipinski definition) is 1. The molecule has 0 saturated heterocycles. The average Bonchev–Trinajstić information content (AvgIpc) is 2.75. The first kappa shape index (κ1) is 21.3. The summed E-state index contributed by atoms with van der Waals surface area (Å²) in [6, 6.07) is 17.1. The maximum absolute atomic E-state index is 13.0. The zero-order valence-electron chi connectivity index (χ0n) is 16.6. The highest BCUT2D eigenvalue weighted by atomic mass is 35.5. The molecule has 0 saturated carbocycles. The van der Waals surface area contributed by atoms with Gasteiger partial charge < -0.3 is 14.8 Å². The van der Waals surface area contributed by atoms with Crippen LogP contribution >= 0.6 is 11.6 Å². The van der Waals surface area contributed by atoms with Gasteiger partial charge in [-0.3, -0.25) is 4.79 Å². The molecule has 30 heavy (non-hydrogen) atoms. The van der Waals surface area contributed by atoms with Crippen LogP contribution in [0.25, 0.3) is 0 Å². The highest BCUT2D eigenvalue weighted by Crippen LogP contribution is 2.25. The maximum Gasteiger partial charge on any atom is 0.344 e. The SMILES string of the molecule is CCOc1ncccc1C(=O)O[C@@H](C(=O)Nc1ccc(C)c(Cl)c1)c1ccccc1. The summed E-state index contributed by atoms with van der Waals surface area (Å²) in [5.41, 5.74) is 2.07. The van der Waals surface area contributed by atoms with Gasteiger partial charge in [0, 0.05) is 22.5 Å². The fourth-order valence-corrected chi connectivity index (χ4v) is 2.93. The van der Waals surface area contributed by atoms with Crippen molar-refractivity contribution in [3.63, 3.8) is 0 Å². The molecular formula is C23H21ClN2O4. The number of nitrogens with one attached hydrogen (secondary N) is 1. The molecule has 3 rings (SSSR count). The summed E-state index contributed by atoms with van der Waals surface area (Å²) >= 11 is 6.15. The van der Waals surface area contributed by atoms with E-state index in [1.54, 1.807) is 61.5 Å². The Morgan fingerprint density at radius 3 is 2.57 bits per heavy atom. The van der Waals surface area contributed by atoms with Gasteiger partial charge in [-0.2, -0.15) is 0 Å². The molecule has 1 N–H and O–H groups in total. The number of rotatable bonds is 7. The molecule has 2 aromatic carbocycles. The van der Waals surface area contributed by atoms with Crippen LogP contribution in [0.4, 0.5) is 5.69 Å². The van der Waals surface area contributed by atoms with Gasteiger partial charge in [-0.05, 0) is 43.7 Å². The zero-order chi connectivity index (χ0) is 21.5. The van der Waals surface area contributed by atoms with Crippen molar-refractivity contribution >= 4 is 29.2 Å². The van der Waals surface area contributed by atoms with E-state index in [1.165, 1.54) is 6.20 Å². The van der Waals surface area contributed by atoms with Crippen molar-refractivity contribution in [3.05, 3.63) is 88.6 Å². The third-order valence-corrected chi connectivity index (χ3v) is 4.68. The molecule has 0 spiro atoms. The van der Waals surface area contributed by atoms with Crippen LogP contribution in [0.3, 0.4) is 0 Å². The number of carbonyl (C=O) groups excluding carboxylic acids is 2. The van der Waals surface area contributed by atoms with Crippen LogP contribution in [0, 0.1) is 6.92 Å². The molecule has 0 aliphatic heterocycles. The molecule has 0 radical (unpaired) electrons. The number of aryl methyl sites for hydroxylation is 1. The van der Waals surface area contributed by atoms with Gasteiger partial charge in [-0.15, -0.1) is 0 Å². The van der Waals surface area contributed by atoms with E-state index in [0.29, 0.717) is 22.9 Å². The lowest BCUT2D eigenvalue weighted by molar-refractivity contribution is -0.125. The Hall–Kier alpha value is -3.38. The Morgan fingerprint density at radius 2 is 1.87 bits per heavy atom. The van der Waals surface area contributed by atoms with E-state index in [9.17, 15) is 9.59 Å². The monoisotopic (exact) mass is 424 g/mol. The number of benzene rings is 2. The smallest absolute Gasteiger partial charge is 0.344 e. The summed E-state index contributed by atoms with van der Waals surface area (Å²) in [6.07, 6.45) is 0.345. The molecule has 0 unspecified atom stereocenters. The van der Waals surface area contributed by atoms with Gasteiger partial charge in [0.1, 0.15) is 5.56 Å². The summed E-state index contributed by atoms with van der Waals surface area (Å²) in [7, 11) is 0. The van der Waals surface area contributed by atoms with Gasteiger partial charge in [-0.1, -0.05) is 48.0 Å². The first-order chi connectivity index (χ1) is 14.5. The molecule has 0 aliphatic carbocycles. The second kappa shape index (κ2) is 9.89. The van der Waals surface area contributed by atoms with Gasteiger partial charge in [0.2, 0.25) is 12.0 Å². The van der Waals surface area contributed by atoms with Crippen LogP contribution < -0.4 is 10.1 Å². The summed E-state index contributed by atoms with van der Waals surface area (Å²) in [5, 5.41) is 3.28. The molecule has 154 valence electrons. The van der Waals surface area contributed by atoms with E-state index in [4.69, 9.17) is 21.1 Å². The number of hydrogen-bond acceptors (Lipinski definition) is 5. The fourth-order valence-electron chi connectivity index (χ4n) is 2.75. The van der Waals surface area contributed by atoms with Crippen molar-refractivity contribution in [1.29, 1.82) is 0 Å². The maximum atomic E-state index is 13.0. The normalized spacial score (nSPS) is 11.4. The Labute approximate surface area is 179 Å². The number of pyridine rings is 1. The molecule has 0 fully saturated rings. The van der Waals surface area contributed by atoms with Gasteiger partial charge in [-0.25, -0.2) is 9.78 Å². The number of halogens is 1. The number of carbonyl (C=O) groups is 2. The molecule has 1 atom stereocenters. The van der Waals surface area contributed by atoms with E-state index in [2.05, 4.69) is 10.3 Å². The topological polar surface area (TPSA) is 77.5 Å². The summed E-state index contributed by atoms with van der Waals surface area (Å²) in [6.45, 7) is 4.00. The van der Waals surface area contributed by atoms with E-state index in [-0.39, 0.29) is 11.4 Å². The van der Waals surface area contributed by atoms with Crippen LogP contribution in [0.5, 0.6) is 5.88 Å². The van der Waals surface area contributed by atoms with Crippen molar-refractivity contribution in [3.8, 4) is 5.88 Å². The summed E-state index contributed by atoms with van der Waals surface area (Å²) in [5.74, 6) is -1.06. The van der Waals surface area contributed by atoms with Gasteiger partial charge in [0.25, 0.3) is 5.91 Å². The lowest BCUT2D eigenvalue weighted by Crippen LogP contribution is -2.26. The third kappa shape index (κ3) is 5.15. The van der Waals surface area contributed by atoms with E-state index >= 15 is 0 Å². The molecule has 0 bridgehead atoms. The average molecular weight is 425 g/mol. The highest BCUT2D eigenvalue weighted by Gasteiger charge is 2.27. The van der Waals surface area contributed by atoms with Crippen molar-refractivity contribution < 1.29 is 19.1 Å². The molecule has 0 aliphatic rings. The van der Waals surface area contributed by atoms with Gasteiger partial charge in [0.05, 0.1) is 6.61 Å². The molecule has 3 aromatic rings. The van der Waals surface area contributed by atoms with Crippen molar-refractivity contribution in [1.82, 2.24) is 4.98 Å². The third-order valence-electron chi connectivity index (χ3n) is 4.28. The highest BCUT2D eigenvalue weighted by molar-refractivity contribution is 6.31. The summed E-state index contributed by atoms with van der Waals surface area (Å²) < 4.78 is 11.0. The zero-order valence-corrected chi connectivity index (χ0v) is 17.3. The first-order valence-corrected chi connectivity index (χ1v) is 9.78. The summed E-state index contributed by atoms with van der Waals surface area (Å²) in [4.78, 5) is 29.9. The Kier molecular flexibility index (Phi) is 7.03. The van der Waals surface area contributed by atoms with Crippen molar-refractivity contribution in [2.45, 2.75) is 20.0 Å². The van der Waals surface area contributed by atoms with Crippen LogP contribution in [-0.4, -0.2) is 23.5 Å². The van der Waals surface area contributed by atoms with Crippen molar-refractivity contribution in [2.75, 3.05) is 11.9 Å². The van der Waals surface area contributed by atoms with E-state index in [1.807, 2.05) is 13.0 Å². The van der Waals surface area contributed by atoms with Crippen LogP contribution in [0.15, 0.2) is 66.9 Å².